The lowest BCUT2D eigenvalue weighted by atomic mass is 10.2. The third kappa shape index (κ3) is 4.50. The van der Waals surface area contributed by atoms with Crippen LogP contribution in [0.3, 0.4) is 0 Å². The summed E-state index contributed by atoms with van der Waals surface area (Å²) in [6.07, 6.45) is 0. The molecule has 144 valence electrons. The average Bonchev–Trinajstić information content (AvgIpc) is 2.53. The molecule has 0 aromatic heterocycles. The Bertz CT molecular complexity index is 975. The van der Waals surface area contributed by atoms with Crippen LogP contribution < -0.4 is 4.72 Å². The number of azide groups is 1. The molecule has 1 rings (SSSR count). The maximum absolute atomic E-state index is 13.8. The zero-order chi connectivity index (χ0) is 20.3. The topological polar surface area (TPSA) is 138 Å². The van der Waals surface area contributed by atoms with Crippen molar-refractivity contribution in [2.45, 2.75) is 11.8 Å². The van der Waals surface area contributed by atoms with Gasteiger partial charge in [-0.3, -0.25) is 4.18 Å². The number of nitrogens with one attached hydrogen (secondary N) is 1. The molecule has 15 heteroatoms. The normalized spacial score (nSPS) is 11.9. The van der Waals surface area contributed by atoms with Gasteiger partial charge < -0.3 is 0 Å². The fourth-order valence-corrected chi connectivity index (χ4v) is 3.12. The Morgan fingerprint density at radius 1 is 1.15 bits per heavy atom. The molecule has 1 aromatic rings. The summed E-state index contributed by atoms with van der Waals surface area (Å²) in [5.41, 5.74) is 6.42. The monoisotopic (exact) mass is 418 g/mol. The summed E-state index contributed by atoms with van der Waals surface area (Å²) in [5.74, 6) is -9.09. The minimum Gasteiger partial charge on any atom is -0.265 e. The molecule has 0 aliphatic carbocycles. The molecule has 0 unspecified atom stereocenters. The predicted molar refractivity (Wildman–Crippen MR) is 80.0 cm³/mol. The molecular formula is C11H10F4N4O5S2. The maximum atomic E-state index is 13.8. The molecule has 0 amide bonds. The molecule has 26 heavy (non-hydrogen) atoms. The smallest absolute Gasteiger partial charge is 0.265 e. The molecule has 0 radical (unpaired) electrons. The van der Waals surface area contributed by atoms with E-state index in [-0.39, 0.29) is 4.91 Å². The van der Waals surface area contributed by atoms with Crippen LogP contribution in [0.15, 0.2) is 21.5 Å². The van der Waals surface area contributed by atoms with Gasteiger partial charge in [0.15, 0.2) is 28.2 Å². The number of sulfonamides is 1. The van der Waals surface area contributed by atoms with E-state index in [1.807, 2.05) is 4.91 Å². The fourth-order valence-electron chi connectivity index (χ4n) is 1.47. The average molecular weight is 418 g/mol. The minimum atomic E-state index is -5.15. The number of hydrogen-bond acceptors (Lipinski definition) is 6. The largest absolute Gasteiger partial charge is 0.292 e. The summed E-state index contributed by atoms with van der Waals surface area (Å²) in [4.78, 5) is -0.421. The van der Waals surface area contributed by atoms with E-state index in [0.717, 1.165) is 6.92 Å². The lowest BCUT2D eigenvalue weighted by Gasteiger charge is -2.11. The molecule has 0 heterocycles. The number of rotatable bonds is 8. The molecule has 1 N–H and O–H groups in total. The van der Waals surface area contributed by atoms with E-state index in [0.29, 0.717) is 0 Å². The highest BCUT2D eigenvalue weighted by Crippen LogP contribution is 2.32. The standard InChI is InChI=1S/C11H10F4N4O5S2/c1-5(2)26(22,23)24-4-3-17-25(20,21)11-8(14)6(12)10(18-19-16)7(13)9(11)15/h17H,1,3-4H2,2H3. The molecule has 0 saturated carbocycles. The third-order valence-electron chi connectivity index (χ3n) is 2.67. The first-order valence-electron chi connectivity index (χ1n) is 6.32. The molecule has 0 aliphatic heterocycles. The van der Waals surface area contributed by atoms with E-state index in [1.165, 1.54) is 4.72 Å². The summed E-state index contributed by atoms with van der Waals surface area (Å²) in [7, 11) is -9.31. The van der Waals surface area contributed by atoms with Crippen molar-refractivity contribution in [3.8, 4) is 0 Å². The summed E-state index contributed by atoms with van der Waals surface area (Å²) in [5, 5.41) is 2.41. The Labute approximate surface area is 145 Å². The highest BCUT2D eigenvalue weighted by Gasteiger charge is 2.32. The lowest BCUT2D eigenvalue weighted by molar-refractivity contribution is 0.326. The van der Waals surface area contributed by atoms with Crippen molar-refractivity contribution in [3.63, 3.8) is 0 Å². The van der Waals surface area contributed by atoms with Gasteiger partial charge in [0.2, 0.25) is 10.0 Å². The van der Waals surface area contributed by atoms with Crippen LogP contribution in [0.5, 0.6) is 0 Å². The number of hydrogen-bond donors (Lipinski definition) is 1. The SMILES string of the molecule is C=C(C)S(=O)(=O)OCCNS(=O)(=O)c1c(F)c(F)c(N=[N+]=[N-])c(F)c1F. The van der Waals surface area contributed by atoms with Crippen molar-refractivity contribution in [3.05, 3.63) is 45.2 Å². The molecule has 9 nitrogen and oxygen atoms in total. The van der Waals surface area contributed by atoms with Crippen LogP contribution >= 0.6 is 0 Å². The molecular weight excluding hydrogens is 408 g/mol. The first kappa shape index (κ1) is 21.9. The third-order valence-corrected chi connectivity index (χ3v) is 5.48. The van der Waals surface area contributed by atoms with Gasteiger partial charge in [0.1, 0.15) is 5.69 Å². The maximum Gasteiger partial charge on any atom is 0.292 e. The van der Waals surface area contributed by atoms with Crippen LogP contribution in [-0.4, -0.2) is 30.0 Å². The van der Waals surface area contributed by atoms with E-state index in [9.17, 15) is 34.4 Å². The van der Waals surface area contributed by atoms with Crippen LogP contribution in [0.4, 0.5) is 23.2 Å². The Morgan fingerprint density at radius 3 is 2.08 bits per heavy atom. The van der Waals surface area contributed by atoms with Gasteiger partial charge in [0.05, 0.1) is 11.5 Å². The van der Waals surface area contributed by atoms with Gasteiger partial charge in [-0.2, -0.15) is 8.42 Å². The zero-order valence-electron chi connectivity index (χ0n) is 12.8. The van der Waals surface area contributed by atoms with Gasteiger partial charge in [-0.05, 0) is 12.5 Å². The Balaban J connectivity index is 3.15. The summed E-state index contributed by atoms with van der Waals surface area (Å²) in [6.45, 7) is 2.59. The summed E-state index contributed by atoms with van der Waals surface area (Å²) in [6, 6.07) is 0. The fraction of sp³-hybridized carbons (Fsp3) is 0.273. The molecule has 0 bridgehead atoms. The van der Waals surface area contributed by atoms with E-state index < -0.39 is 67.1 Å². The van der Waals surface area contributed by atoms with Crippen LogP contribution in [0.2, 0.25) is 0 Å². The Kier molecular flexibility index (Phi) is 6.73. The highest BCUT2D eigenvalue weighted by atomic mass is 32.2. The van der Waals surface area contributed by atoms with Gasteiger partial charge in [-0.25, -0.2) is 30.7 Å². The summed E-state index contributed by atoms with van der Waals surface area (Å²) >= 11 is 0. The van der Waals surface area contributed by atoms with Crippen molar-refractivity contribution in [1.29, 1.82) is 0 Å². The Morgan fingerprint density at radius 2 is 1.65 bits per heavy atom. The van der Waals surface area contributed by atoms with E-state index in [1.54, 1.807) is 0 Å². The van der Waals surface area contributed by atoms with Gasteiger partial charge >= 0.3 is 0 Å². The molecule has 0 aliphatic rings. The minimum absolute atomic E-state index is 0.379. The number of halogens is 4. The second-order valence-corrected chi connectivity index (χ2v) is 8.04. The number of benzene rings is 1. The number of nitrogens with zero attached hydrogens (tertiary/aromatic N) is 3. The second-order valence-electron chi connectivity index (χ2n) is 4.50. The second kappa shape index (κ2) is 8.01. The van der Waals surface area contributed by atoms with Crippen molar-refractivity contribution in [2.75, 3.05) is 13.2 Å². The van der Waals surface area contributed by atoms with Crippen molar-refractivity contribution in [2.24, 2.45) is 5.11 Å². The van der Waals surface area contributed by atoms with Gasteiger partial charge in [0, 0.05) is 11.5 Å². The van der Waals surface area contributed by atoms with E-state index in [2.05, 4.69) is 15.9 Å². The van der Waals surface area contributed by atoms with Crippen LogP contribution in [0.25, 0.3) is 10.4 Å². The van der Waals surface area contributed by atoms with Gasteiger partial charge in [-0.1, -0.05) is 11.7 Å². The predicted octanol–water partition coefficient (Wildman–Crippen LogP) is 2.34. The van der Waals surface area contributed by atoms with Crippen LogP contribution in [0.1, 0.15) is 6.92 Å². The van der Waals surface area contributed by atoms with Crippen molar-refractivity contribution >= 4 is 25.8 Å². The zero-order valence-corrected chi connectivity index (χ0v) is 14.5. The van der Waals surface area contributed by atoms with Crippen LogP contribution in [0, 0.1) is 23.3 Å². The number of allylic oxidation sites excluding steroid dienone is 1. The molecule has 0 saturated heterocycles. The first-order valence-corrected chi connectivity index (χ1v) is 9.21. The van der Waals surface area contributed by atoms with E-state index >= 15 is 0 Å². The van der Waals surface area contributed by atoms with Gasteiger partial charge in [-0.15, -0.1) is 0 Å². The Hall–Kier alpha value is -2.19. The molecule has 0 atom stereocenters. The highest BCUT2D eigenvalue weighted by molar-refractivity contribution is 7.90. The van der Waals surface area contributed by atoms with E-state index in [4.69, 9.17) is 5.53 Å². The summed E-state index contributed by atoms with van der Waals surface area (Å²) < 4.78 is 107. The van der Waals surface area contributed by atoms with Crippen molar-refractivity contribution < 1.29 is 38.6 Å². The first-order chi connectivity index (χ1) is 11.9. The quantitative estimate of drug-likeness (QED) is 0.131. The lowest BCUT2D eigenvalue weighted by Crippen LogP contribution is -2.30. The molecule has 1 aromatic carbocycles. The van der Waals surface area contributed by atoms with Crippen molar-refractivity contribution in [1.82, 2.24) is 4.72 Å². The van der Waals surface area contributed by atoms with Crippen LogP contribution in [-0.2, 0) is 24.3 Å². The molecule has 0 spiro atoms. The van der Waals surface area contributed by atoms with Gasteiger partial charge in [0.25, 0.3) is 10.1 Å². The molecule has 0 fully saturated rings.